The van der Waals surface area contributed by atoms with Crippen LogP contribution in [0, 0.1) is 29.1 Å². The second kappa shape index (κ2) is 8.10. The predicted octanol–water partition coefficient (Wildman–Crippen LogP) is 2.51. The summed E-state index contributed by atoms with van der Waals surface area (Å²) in [6.45, 7) is 7.16. The topological polar surface area (TPSA) is 66.8 Å². The highest BCUT2D eigenvalue weighted by Gasteiger charge is 2.55. The van der Waals surface area contributed by atoms with Crippen LogP contribution in [0.4, 0.5) is 5.69 Å². The monoisotopic (exact) mass is 425 g/mol. The fourth-order valence-electron chi connectivity index (χ4n) is 7.17. The summed E-state index contributed by atoms with van der Waals surface area (Å²) in [5.41, 5.74) is 0.979. The van der Waals surface area contributed by atoms with Gasteiger partial charge in [0.2, 0.25) is 11.8 Å². The molecular formula is C25H37N4O2+. The van der Waals surface area contributed by atoms with Crippen LogP contribution in [0.2, 0.25) is 0 Å². The lowest BCUT2D eigenvalue weighted by Gasteiger charge is -2.56. The number of carbonyl (C=O) groups is 2. The van der Waals surface area contributed by atoms with E-state index in [1.807, 2.05) is 17.3 Å². The van der Waals surface area contributed by atoms with Gasteiger partial charge in [-0.05, 0) is 62.2 Å². The van der Waals surface area contributed by atoms with Crippen LogP contribution in [-0.4, -0.2) is 48.9 Å². The zero-order valence-electron chi connectivity index (χ0n) is 19.0. The van der Waals surface area contributed by atoms with E-state index in [0.717, 1.165) is 50.1 Å². The molecule has 4 saturated carbocycles. The zero-order valence-corrected chi connectivity index (χ0v) is 19.0. The van der Waals surface area contributed by atoms with E-state index in [2.05, 4.69) is 41.2 Å². The molecular weight excluding hydrogens is 388 g/mol. The van der Waals surface area contributed by atoms with Gasteiger partial charge in [0.05, 0.1) is 0 Å². The largest absolute Gasteiger partial charge is 0.368 e. The number of H-pyrrole nitrogens is 1. The minimum Gasteiger partial charge on any atom is -0.368 e. The summed E-state index contributed by atoms with van der Waals surface area (Å²) in [5.74, 6) is 2.54. The summed E-state index contributed by atoms with van der Waals surface area (Å²) in [6, 6.07) is 3.72. The van der Waals surface area contributed by atoms with Crippen LogP contribution < -0.4 is 15.2 Å². The molecule has 4 bridgehead atoms. The van der Waals surface area contributed by atoms with Crippen LogP contribution in [0.1, 0.15) is 52.4 Å². The Kier molecular flexibility index (Phi) is 5.43. The fourth-order valence-corrected chi connectivity index (χ4v) is 7.17. The molecule has 1 atom stereocenters. The van der Waals surface area contributed by atoms with Gasteiger partial charge in [0.15, 0.2) is 12.4 Å². The molecule has 6 rings (SSSR count). The first-order chi connectivity index (χ1) is 14.9. The Hall–Kier alpha value is -2.11. The highest BCUT2D eigenvalue weighted by atomic mass is 16.2. The van der Waals surface area contributed by atoms with E-state index in [1.54, 1.807) is 0 Å². The first kappa shape index (κ1) is 20.8. The van der Waals surface area contributed by atoms with Gasteiger partial charge in [0.1, 0.15) is 6.04 Å². The molecule has 1 saturated heterocycles. The Morgan fingerprint density at radius 3 is 2.03 bits per heavy atom. The molecule has 1 aromatic rings. The molecule has 6 nitrogen and oxygen atoms in total. The average Bonchev–Trinajstić information content (AvgIpc) is 2.76. The van der Waals surface area contributed by atoms with Gasteiger partial charge in [0.25, 0.3) is 0 Å². The van der Waals surface area contributed by atoms with E-state index in [9.17, 15) is 9.59 Å². The van der Waals surface area contributed by atoms with Gasteiger partial charge < -0.3 is 15.1 Å². The SMILES string of the molecule is CC(C)[C@@H](NC(=O)C12CC3CC(CC(C3)C1)C2)C(=O)N1CCN(c2cc[nH+]cc2)CC1. The van der Waals surface area contributed by atoms with Gasteiger partial charge in [0, 0.05) is 49.4 Å². The maximum atomic E-state index is 13.5. The maximum absolute atomic E-state index is 13.5. The van der Waals surface area contributed by atoms with Gasteiger partial charge in [-0.15, -0.1) is 0 Å². The van der Waals surface area contributed by atoms with Crippen molar-refractivity contribution in [3.05, 3.63) is 24.5 Å². The lowest BCUT2D eigenvalue weighted by molar-refractivity contribution is -0.377. The Morgan fingerprint density at radius 1 is 0.968 bits per heavy atom. The normalized spacial score (nSPS) is 32.9. The maximum Gasteiger partial charge on any atom is 0.245 e. The van der Waals surface area contributed by atoms with Crippen molar-refractivity contribution in [1.82, 2.24) is 10.2 Å². The molecule has 0 aromatic carbocycles. The molecule has 6 heteroatoms. The number of carbonyl (C=O) groups excluding carboxylic acids is 2. The summed E-state index contributed by atoms with van der Waals surface area (Å²) < 4.78 is 0. The number of amides is 2. The van der Waals surface area contributed by atoms with Crippen molar-refractivity contribution in [2.45, 2.75) is 58.4 Å². The summed E-state index contributed by atoms with van der Waals surface area (Å²) in [6.07, 6.45) is 10.9. The smallest absolute Gasteiger partial charge is 0.245 e. The summed E-state index contributed by atoms with van der Waals surface area (Å²) in [5, 5.41) is 3.27. The number of nitrogens with one attached hydrogen (secondary N) is 2. The molecule has 2 N–H and O–H groups in total. The number of rotatable bonds is 5. The number of aromatic nitrogens is 1. The molecule has 1 aliphatic heterocycles. The standard InChI is InChI=1S/C25H36N4O2/c1-17(2)22(23(30)29-9-7-28(8-10-29)21-3-5-26-6-4-21)27-24(31)25-14-18-11-19(15-25)13-20(12-18)16-25/h3-6,17-20,22H,7-16H2,1-2H3,(H,27,31)/p+1/t18?,19?,20?,22-,25?/m1/s1. The molecule has 5 aliphatic rings. The third-order valence-electron chi connectivity index (χ3n) is 8.40. The molecule has 5 fully saturated rings. The second-order valence-corrected chi connectivity index (χ2v) is 11.0. The molecule has 0 radical (unpaired) electrons. The van der Waals surface area contributed by atoms with Gasteiger partial charge in [-0.2, -0.15) is 0 Å². The summed E-state index contributed by atoms with van der Waals surface area (Å²) >= 11 is 0. The molecule has 168 valence electrons. The number of anilines is 1. The Labute approximate surface area is 185 Å². The van der Waals surface area contributed by atoms with E-state index in [1.165, 1.54) is 24.9 Å². The number of hydrogen-bond donors (Lipinski definition) is 1. The number of nitrogens with zero attached hydrogens (tertiary/aromatic N) is 2. The van der Waals surface area contributed by atoms with Gasteiger partial charge in [-0.3, -0.25) is 9.59 Å². The third-order valence-corrected chi connectivity index (χ3v) is 8.40. The number of piperazine rings is 1. The van der Waals surface area contributed by atoms with E-state index >= 15 is 0 Å². The van der Waals surface area contributed by atoms with Crippen LogP contribution in [-0.2, 0) is 9.59 Å². The van der Waals surface area contributed by atoms with Crippen molar-refractivity contribution in [3.63, 3.8) is 0 Å². The summed E-state index contributed by atoms with van der Waals surface area (Å²) in [7, 11) is 0. The third kappa shape index (κ3) is 3.94. The van der Waals surface area contributed by atoms with Crippen LogP contribution in [0.5, 0.6) is 0 Å². The fraction of sp³-hybridized carbons (Fsp3) is 0.720. The van der Waals surface area contributed by atoms with Gasteiger partial charge in [-0.25, -0.2) is 4.98 Å². The number of hydrogen-bond acceptors (Lipinski definition) is 3. The number of pyridine rings is 1. The quantitative estimate of drug-likeness (QED) is 0.788. The lowest BCUT2D eigenvalue weighted by atomic mass is 9.49. The molecule has 2 amide bonds. The number of aromatic amines is 1. The van der Waals surface area contributed by atoms with Crippen LogP contribution in [0.25, 0.3) is 0 Å². The summed E-state index contributed by atoms with van der Waals surface area (Å²) in [4.78, 5) is 34.3. The lowest BCUT2D eigenvalue weighted by Crippen LogP contribution is -2.60. The Morgan fingerprint density at radius 2 is 1.52 bits per heavy atom. The minimum absolute atomic E-state index is 0.0908. The van der Waals surface area contributed by atoms with Crippen molar-refractivity contribution in [2.24, 2.45) is 29.1 Å². The van der Waals surface area contributed by atoms with Crippen molar-refractivity contribution >= 4 is 17.5 Å². The predicted molar refractivity (Wildman–Crippen MR) is 119 cm³/mol. The Bertz CT molecular complexity index is 781. The second-order valence-electron chi connectivity index (χ2n) is 11.0. The molecule has 31 heavy (non-hydrogen) atoms. The minimum atomic E-state index is -0.418. The highest BCUT2D eigenvalue weighted by Crippen LogP contribution is 2.60. The van der Waals surface area contributed by atoms with Crippen molar-refractivity contribution in [3.8, 4) is 0 Å². The van der Waals surface area contributed by atoms with Crippen molar-refractivity contribution in [2.75, 3.05) is 31.1 Å². The molecule has 2 heterocycles. The van der Waals surface area contributed by atoms with E-state index in [-0.39, 0.29) is 23.1 Å². The van der Waals surface area contributed by atoms with E-state index in [4.69, 9.17) is 0 Å². The van der Waals surface area contributed by atoms with Crippen molar-refractivity contribution in [1.29, 1.82) is 0 Å². The van der Waals surface area contributed by atoms with Crippen LogP contribution in [0.3, 0.4) is 0 Å². The van der Waals surface area contributed by atoms with E-state index < -0.39 is 6.04 Å². The van der Waals surface area contributed by atoms with Gasteiger partial charge in [-0.1, -0.05) is 13.8 Å². The van der Waals surface area contributed by atoms with Crippen molar-refractivity contribution < 1.29 is 14.6 Å². The molecule has 4 aliphatic carbocycles. The molecule has 0 spiro atoms. The van der Waals surface area contributed by atoms with E-state index in [0.29, 0.717) is 13.1 Å². The first-order valence-corrected chi connectivity index (χ1v) is 12.2. The Balaban J connectivity index is 1.23. The highest BCUT2D eigenvalue weighted by molar-refractivity contribution is 5.90. The first-order valence-electron chi connectivity index (χ1n) is 12.2. The van der Waals surface area contributed by atoms with Gasteiger partial charge >= 0.3 is 0 Å². The van der Waals surface area contributed by atoms with Crippen LogP contribution in [0.15, 0.2) is 24.5 Å². The zero-order chi connectivity index (χ0) is 21.6. The van der Waals surface area contributed by atoms with Crippen LogP contribution >= 0.6 is 0 Å². The average molecular weight is 426 g/mol. The molecule has 1 aromatic heterocycles. The molecule has 0 unspecified atom stereocenters.